The van der Waals surface area contributed by atoms with E-state index in [1.165, 1.54) is 11.3 Å². The highest BCUT2D eigenvalue weighted by molar-refractivity contribution is 7.17. The second-order valence-electron chi connectivity index (χ2n) is 6.35. The first kappa shape index (κ1) is 17.6. The summed E-state index contributed by atoms with van der Waals surface area (Å²) in [5.74, 6) is 0.845. The number of hydrogen-bond acceptors (Lipinski definition) is 6. The minimum Gasteiger partial charge on any atom is -0.376 e. The molecule has 3 aromatic rings. The molecule has 138 valence electrons. The van der Waals surface area contributed by atoms with Crippen LogP contribution < -0.4 is 5.32 Å². The molecule has 1 aliphatic rings. The summed E-state index contributed by atoms with van der Waals surface area (Å²) in [6, 6.07) is 9.76. The van der Waals surface area contributed by atoms with Gasteiger partial charge in [-0.15, -0.1) is 11.3 Å². The number of anilines is 1. The van der Waals surface area contributed by atoms with Crippen molar-refractivity contribution in [1.82, 2.24) is 10.1 Å². The average molecular weight is 381 g/mol. The van der Waals surface area contributed by atoms with Gasteiger partial charge < -0.3 is 14.6 Å². The molecule has 1 amide bonds. The maximum Gasteiger partial charge on any atom is 0.261 e. The zero-order valence-electron chi connectivity index (χ0n) is 15.1. The fraction of sp³-hybridized carbons (Fsp3) is 0.250. The predicted molar refractivity (Wildman–Crippen MR) is 104 cm³/mol. The molecule has 7 heteroatoms. The summed E-state index contributed by atoms with van der Waals surface area (Å²) < 4.78 is 10.9. The number of ether oxygens (including phenoxy) is 1. The standard InChI is InChI=1S/C20H19N3O3S/c1-12(10-14-6-4-3-5-7-14)18(24)22-20-17(19-21-13(2)23-26-19)15-8-9-25-11-16(15)27-20/h3-7,10H,8-9,11H2,1-2H3,(H,22,24)/b12-10+. The number of nitrogens with one attached hydrogen (secondary N) is 1. The highest BCUT2D eigenvalue weighted by atomic mass is 32.1. The summed E-state index contributed by atoms with van der Waals surface area (Å²) in [6.45, 7) is 4.76. The summed E-state index contributed by atoms with van der Waals surface area (Å²) >= 11 is 1.51. The number of thiophene rings is 1. The monoisotopic (exact) mass is 381 g/mol. The molecule has 0 unspecified atom stereocenters. The molecular weight excluding hydrogens is 362 g/mol. The molecular formula is C20H19N3O3S. The molecule has 0 saturated carbocycles. The first-order chi connectivity index (χ1) is 13.1. The van der Waals surface area contributed by atoms with E-state index in [2.05, 4.69) is 15.5 Å². The minimum absolute atomic E-state index is 0.157. The van der Waals surface area contributed by atoms with Crippen LogP contribution in [0.15, 0.2) is 40.4 Å². The maximum absolute atomic E-state index is 12.7. The van der Waals surface area contributed by atoms with Crippen molar-refractivity contribution < 1.29 is 14.1 Å². The summed E-state index contributed by atoms with van der Waals surface area (Å²) in [4.78, 5) is 18.2. The highest BCUT2D eigenvalue weighted by Gasteiger charge is 2.26. The van der Waals surface area contributed by atoms with Crippen molar-refractivity contribution in [2.75, 3.05) is 11.9 Å². The Morgan fingerprint density at radius 1 is 1.30 bits per heavy atom. The van der Waals surface area contributed by atoms with E-state index in [4.69, 9.17) is 9.26 Å². The van der Waals surface area contributed by atoms with Crippen LogP contribution in [0.5, 0.6) is 0 Å². The number of hydrogen-bond donors (Lipinski definition) is 1. The number of aryl methyl sites for hydroxylation is 1. The van der Waals surface area contributed by atoms with Crippen molar-refractivity contribution in [1.29, 1.82) is 0 Å². The molecule has 0 fully saturated rings. The fourth-order valence-corrected chi connectivity index (χ4v) is 4.18. The van der Waals surface area contributed by atoms with Crippen molar-refractivity contribution >= 4 is 28.3 Å². The minimum atomic E-state index is -0.157. The van der Waals surface area contributed by atoms with E-state index in [0.717, 1.165) is 33.0 Å². The number of nitrogens with zero attached hydrogens (tertiary/aromatic N) is 2. The first-order valence-electron chi connectivity index (χ1n) is 8.69. The lowest BCUT2D eigenvalue weighted by Crippen LogP contribution is -2.12. The van der Waals surface area contributed by atoms with E-state index in [-0.39, 0.29) is 5.91 Å². The number of carbonyl (C=O) groups excluding carboxylic acids is 1. The molecule has 1 aromatic carbocycles. The Kier molecular flexibility index (Phi) is 4.87. The van der Waals surface area contributed by atoms with Crippen LogP contribution in [0.4, 0.5) is 5.00 Å². The van der Waals surface area contributed by atoms with Gasteiger partial charge in [0, 0.05) is 10.5 Å². The lowest BCUT2D eigenvalue weighted by molar-refractivity contribution is -0.112. The van der Waals surface area contributed by atoms with Crippen LogP contribution in [-0.2, 0) is 22.6 Å². The van der Waals surface area contributed by atoms with Gasteiger partial charge in [0.15, 0.2) is 5.82 Å². The lowest BCUT2D eigenvalue weighted by atomic mass is 10.1. The number of aromatic nitrogens is 2. The van der Waals surface area contributed by atoms with Crippen LogP contribution >= 0.6 is 11.3 Å². The third-order valence-electron chi connectivity index (χ3n) is 4.33. The molecule has 3 heterocycles. The van der Waals surface area contributed by atoms with E-state index in [9.17, 15) is 4.79 Å². The molecule has 1 aliphatic heterocycles. The molecule has 0 bridgehead atoms. The van der Waals surface area contributed by atoms with E-state index in [0.29, 0.717) is 30.5 Å². The Balaban J connectivity index is 1.66. The molecule has 0 spiro atoms. The third kappa shape index (κ3) is 3.70. The van der Waals surface area contributed by atoms with Crippen LogP contribution in [0.2, 0.25) is 0 Å². The Hall–Kier alpha value is -2.77. The third-order valence-corrected chi connectivity index (χ3v) is 5.45. The molecule has 1 N–H and O–H groups in total. The zero-order valence-corrected chi connectivity index (χ0v) is 15.9. The average Bonchev–Trinajstić information content (AvgIpc) is 3.25. The second kappa shape index (κ2) is 7.46. The van der Waals surface area contributed by atoms with Gasteiger partial charge in [0.05, 0.1) is 18.8 Å². The fourth-order valence-electron chi connectivity index (χ4n) is 3.01. The number of benzene rings is 1. The van der Waals surface area contributed by atoms with Gasteiger partial charge in [-0.1, -0.05) is 35.5 Å². The van der Waals surface area contributed by atoms with Crippen LogP contribution in [0.3, 0.4) is 0 Å². The number of rotatable bonds is 4. The summed E-state index contributed by atoms with van der Waals surface area (Å²) in [5, 5.41) is 7.64. The predicted octanol–water partition coefficient (Wildman–Crippen LogP) is 4.22. The highest BCUT2D eigenvalue weighted by Crippen LogP contribution is 2.42. The van der Waals surface area contributed by atoms with Gasteiger partial charge in [0.1, 0.15) is 5.00 Å². The summed E-state index contributed by atoms with van der Waals surface area (Å²) in [5.41, 5.74) is 3.54. The van der Waals surface area contributed by atoms with Crippen molar-refractivity contribution in [3.8, 4) is 11.5 Å². The smallest absolute Gasteiger partial charge is 0.261 e. The summed E-state index contributed by atoms with van der Waals surface area (Å²) in [6.07, 6.45) is 2.62. The van der Waals surface area contributed by atoms with Crippen molar-refractivity contribution in [3.05, 3.63) is 57.7 Å². The van der Waals surface area contributed by atoms with Crippen LogP contribution in [0.1, 0.15) is 28.8 Å². The second-order valence-corrected chi connectivity index (χ2v) is 7.45. The Bertz CT molecular complexity index is 1000. The van der Waals surface area contributed by atoms with E-state index in [1.54, 1.807) is 13.8 Å². The van der Waals surface area contributed by atoms with Crippen molar-refractivity contribution in [2.24, 2.45) is 0 Å². The van der Waals surface area contributed by atoms with E-state index >= 15 is 0 Å². The van der Waals surface area contributed by atoms with Gasteiger partial charge >= 0.3 is 0 Å². The zero-order chi connectivity index (χ0) is 18.8. The van der Waals surface area contributed by atoms with Crippen LogP contribution in [0.25, 0.3) is 17.5 Å². The Morgan fingerprint density at radius 2 is 2.11 bits per heavy atom. The van der Waals surface area contributed by atoms with Crippen molar-refractivity contribution in [2.45, 2.75) is 26.9 Å². The topological polar surface area (TPSA) is 77.3 Å². The van der Waals surface area contributed by atoms with Gasteiger partial charge in [0.25, 0.3) is 11.8 Å². The number of carbonyl (C=O) groups is 1. The molecule has 6 nitrogen and oxygen atoms in total. The van der Waals surface area contributed by atoms with Gasteiger partial charge in [-0.05, 0) is 37.5 Å². The van der Waals surface area contributed by atoms with E-state index in [1.807, 2.05) is 36.4 Å². The molecule has 2 aromatic heterocycles. The molecule has 27 heavy (non-hydrogen) atoms. The molecule has 0 radical (unpaired) electrons. The van der Waals surface area contributed by atoms with Crippen molar-refractivity contribution in [3.63, 3.8) is 0 Å². The lowest BCUT2D eigenvalue weighted by Gasteiger charge is -2.12. The Morgan fingerprint density at radius 3 is 2.85 bits per heavy atom. The van der Waals surface area contributed by atoms with Gasteiger partial charge in [-0.2, -0.15) is 4.98 Å². The molecule has 4 rings (SSSR count). The molecule has 0 saturated heterocycles. The summed E-state index contributed by atoms with van der Waals surface area (Å²) in [7, 11) is 0. The SMILES string of the molecule is C/C(=C\c1ccccc1)C(=O)Nc1sc2c(c1-c1nc(C)no1)CCOC2. The van der Waals surface area contributed by atoms with Gasteiger partial charge in [0.2, 0.25) is 0 Å². The van der Waals surface area contributed by atoms with Gasteiger partial charge in [-0.25, -0.2) is 0 Å². The van der Waals surface area contributed by atoms with E-state index < -0.39 is 0 Å². The number of fused-ring (bicyclic) bond motifs is 1. The first-order valence-corrected chi connectivity index (χ1v) is 9.51. The molecule has 0 aliphatic carbocycles. The quantitative estimate of drug-likeness (QED) is 0.685. The number of amides is 1. The largest absolute Gasteiger partial charge is 0.376 e. The van der Waals surface area contributed by atoms with Crippen LogP contribution in [-0.4, -0.2) is 22.7 Å². The normalized spacial score (nSPS) is 14.1. The Labute approximate surface area is 160 Å². The maximum atomic E-state index is 12.7. The van der Waals surface area contributed by atoms with Crippen LogP contribution in [0, 0.1) is 6.92 Å². The molecule has 0 atom stereocenters. The van der Waals surface area contributed by atoms with Gasteiger partial charge in [-0.3, -0.25) is 4.79 Å².